The molecule has 1 aromatic heterocycles. The van der Waals surface area contributed by atoms with E-state index in [9.17, 15) is 9.59 Å². The third kappa shape index (κ3) is 2.22. The molecule has 0 amide bonds. The number of aromatic nitrogens is 2. The first-order chi connectivity index (χ1) is 6.66. The van der Waals surface area contributed by atoms with Crippen LogP contribution in [-0.2, 0) is 13.6 Å². The van der Waals surface area contributed by atoms with Gasteiger partial charge in [-0.25, -0.2) is 4.79 Å². The second-order valence-electron chi connectivity index (χ2n) is 3.13. The highest BCUT2D eigenvalue weighted by Gasteiger charge is 2.00. The van der Waals surface area contributed by atoms with E-state index in [2.05, 4.69) is 6.58 Å². The first kappa shape index (κ1) is 10.5. The van der Waals surface area contributed by atoms with E-state index in [0.29, 0.717) is 6.54 Å². The highest BCUT2D eigenvalue weighted by molar-refractivity contribution is 4.85. The minimum absolute atomic E-state index is 0.239. The maximum atomic E-state index is 11.5. The van der Waals surface area contributed by atoms with E-state index >= 15 is 0 Å². The molecule has 76 valence electrons. The summed E-state index contributed by atoms with van der Waals surface area (Å²) >= 11 is 0. The van der Waals surface area contributed by atoms with Crippen molar-refractivity contribution < 1.29 is 0 Å². The molecular weight excluding hydrogens is 180 g/mol. The Morgan fingerprint density at radius 2 is 2.21 bits per heavy atom. The molecule has 0 atom stereocenters. The molecule has 0 fully saturated rings. The summed E-state index contributed by atoms with van der Waals surface area (Å²) in [6.07, 6.45) is 4.83. The first-order valence-electron chi connectivity index (χ1n) is 4.54. The molecule has 0 saturated heterocycles. The fraction of sp³-hybridized carbons (Fsp3) is 0.400. The Labute approximate surface area is 82.1 Å². The van der Waals surface area contributed by atoms with Gasteiger partial charge in [-0.1, -0.05) is 6.08 Å². The van der Waals surface area contributed by atoms with Gasteiger partial charge < -0.3 is 4.57 Å². The van der Waals surface area contributed by atoms with E-state index in [0.717, 1.165) is 12.8 Å². The zero-order valence-corrected chi connectivity index (χ0v) is 8.27. The molecule has 0 spiro atoms. The smallest absolute Gasteiger partial charge is 0.303 e. The van der Waals surface area contributed by atoms with Crippen molar-refractivity contribution in [2.24, 2.45) is 7.05 Å². The Hall–Kier alpha value is -1.58. The Balaban J connectivity index is 2.95. The minimum Gasteiger partial charge on any atom is -0.303 e. The van der Waals surface area contributed by atoms with Crippen LogP contribution in [-0.4, -0.2) is 9.13 Å². The van der Waals surface area contributed by atoms with Crippen LogP contribution in [0.2, 0.25) is 0 Å². The van der Waals surface area contributed by atoms with Gasteiger partial charge in [-0.3, -0.25) is 9.36 Å². The third-order valence-electron chi connectivity index (χ3n) is 2.03. The summed E-state index contributed by atoms with van der Waals surface area (Å²) < 4.78 is 2.64. The number of unbranched alkanes of at least 4 members (excludes halogenated alkanes) is 1. The molecule has 4 nitrogen and oxygen atoms in total. The monoisotopic (exact) mass is 194 g/mol. The normalized spacial score (nSPS) is 10.1. The molecule has 0 radical (unpaired) electrons. The van der Waals surface area contributed by atoms with Crippen LogP contribution < -0.4 is 11.2 Å². The van der Waals surface area contributed by atoms with Crippen LogP contribution in [0, 0.1) is 0 Å². The molecule has 0 aliphatic rings. The topological polar surface area (TPSA) is 44.0 Å². The van der Waals surface area contributed by atoms with Crippen LogP contribution in [0.1, 0.15) is 12.8 Å². The van der Waals surface area contributed by atoms with Crippen molar-refractivity contribution in [3.63, 3.8) is 0 Å². The molecule has 0 saturated carbocycles. The zero-order chi connectivity index (χ0) is 10.6. The van der Waals surface area contributed by atoms with Gasteiger partial charge >= 0.3 is 5.69 Å². The molecule has 1 rings (SSSR count). The van der Waals surface area contributed by atoms with E-state index in [1.165, 1.54) is 21.4 Å². The van der Waals surface area contributed by atoms with E-state index in [1.54, 1.807) is 13.1 Å². The largest absolute Gasteiger partial charge is 0.330 e. The first-order valence-corrected chi connectivity index (χ1v) is 4.54. The molecule has 0 aliphatic heterocycles. The molecule has 14 heavy (non-hydrogen) atoms. The average molecular weight is 194 g/mol. The SMILES string of the molecule is C=CCCCn1c(=O)ccn(C)c1=O. The van der Waals surface area contributed by atoms with Gasteiger partial charge in [0, 0.05) is 25.9 Å². The van der Waals surface area contributed by atoms with Crippen LogP contribution >= 0.6 is 0 Å². The predicted octanol–water partition coefficient (Wildman–Crippen LogP) is 0.513. The summed E-state index contributed by atoms with van der Waals surface area (Å²) in [6, 6.07) is 1.40. The third-order valence-corrected chi connectivity index (χ3v) is 2.03. The van der Waals surface area contributed by atoms with Gasteiger partial charge in [0.25, 0.3) is 5.56 Å². The maximum Gasteiger partial charge on any atom is 0.330 e. The summed E-state index contributed by atoms with van der Waals surface area (Å²) in [7, 11) is 1.63. The van der Waals surface area contributed by atoms with E-state index in [4.69, 9.17) is 0 Å². The van der Waals surface area contributed by atoms with Gasteiger partial charge in [0.1, 0.15) is 0 Å². The minimum atomic E-state index is -0.262. The van der Waals surface area contributed by atoms with E-state index in [1.807, 2.05) is 0 Å². The van der Waals surface area contributed by atoms with Gasteiger partial charge in [-0.05, 0) is 12.8 Å². The van der Waals surface area contributed by atoms with Crippen LogP contribution in [0.3, 0.4) is 0 Å². The lowest BCUT2D eigenvalue weighted by molar-refractivity contribution is 0.566. The van der Waals surface area contributed by atoms with Crippen molar-refractivity contribution in [3.8, 4) is 0 Å². The number of rotatable bonds is 4. The summed E-state index contributed by atoms with van der Waals surface area (Å²) in [5.41, 5.74) is -0.501. The quantitative estimate of drug-likeness (QED) is 0.518. The second-order valence-corrected chi connectivity index (χ2v) is 3.13. The molecule has 1 aromatic rings. The van der Waals surface area contributed by atoms with Crippen molar-refractivity contribution in [1.29, 1.82) is 0 Å². The lowest BCUT2D eigenvalue weighted by Gasteiger charge is -2.04. The molecule has 0 unspecified atom stereocenters. The lowest BCUT2D eigenvalue weighted by Crippen LogP contribution is -2.37. The molecule has 4 heteroatoms. The van der Waals surface area contributed by atoms with Crippen molar-refractivity contribution >= 4 is 0 Å². The van der Waals surface area contributed by atoms with Crippen LogP contribution in [0.25, 0.3) is 0 Å². The van der Waals surface area contributed by atoms with Gasteiger partial charge in [-0.2, -0.15) is 0 Å². The van der Waals surface area contributed by atoms with Crippen LogP contribution in [0.5, 0.6) is 0 Å². The predicted molar refractivity (Wildman–Crippen MR) is 55.4 cm³/mol. The van der Waals surface area contributed by atoms with E-state index in [-0.39, 0.29) is 11.2 Å². The molecule has 0 aromatic carbocycles. The number of hydrogen-bond donors (Lipinski definition) is 0. The Bertz CT molecular complexity index is 428. The summed E-state index contributed by atoms with van der Waals surface area (Å²) in [5.74, 6) is 0. The molecule has 0 bridgehead atoms. The van der Waals surface area contributed by atoms with Crippen molar-refractivity contribution in [2.75, 3.05) is 0 Å². The van der Waals surface area contributed by atoms with Crippen LogP contribution in [0.4, 0.5) is 0 Å². The van der Waals surface area contributed by atoms with Gasteiger partial charge in [-0.15, -0.1) is 6.58 Å². The Morgan fingerprint density at radius 3 is 2.86 bits per heavy atom. The molecule has 0 N–H and O–H groups in total. The second kappa shape index (κ2) is 4.60. The van der Waals surface area contributed by atoms with Crippen molar-refractivity contribution in [1.82, 2.24) is 9.13 Å². The van der Waals surface area contributed by atoms with Gasteiger partial charge in [0.05, 0.1) is 0 Å². The van der Waals surface area contributed by atoms with Gasteiger partial charge in [0.2, 0.25) is 0 Å². The number of nitrogens with zero attached hydrogens (tertiary/aromatic N) is 2. The zero-order valence-electron chi connectivity index (χ0n) is 8.27. The molecular formula is C10H14N2O2. The Kier molecular flexibility index (Phi) is 3.45. The Morgan fingerprint density at radius 1 is 1.50 bits per heavy atom. The fourth-order valence-corrected chi connectivity index (χ4v) is 1.21. The lowest BCUT2D eigenvalue weighted by atomic mass is 10.3. The fourth-order valence-electron chi connectivity index (χ4n) is 1.21. The molecule has 1 heterocycles. The molecule has 0 aliphatic carbocycles. The summed E-state index contributed by atoms with van der Waals surface area (Å²) in [5, 5.41) is 0. The van der Waals surface area contributed by atoms with Crippen LogP contribution in [0.15, 0.2) is 34.5 Å². The van der Waals surface area contributed by atoms with Crippen molar-refractivity contribution in [3.05, 3.63) is 45.8 Å². The maximum absolute atomic E-state index is 11.5. The van der Waals surface area contributed by atoms with Crippen molar-refractivity contribution in [2.45, 2.75) is 19.4 Å². The highest BCUT2D eigenvalue weighted by atomic mass is 16.2. The standard InChI is InChI=1S/C10H14N2O2/c1-3-4-5-7-12-9(13)6-8-11(2)10(12)14/h3,6,8H,1,4-5,7H2,2H3. The number of allylic oxidation sites excluding steroid dienone is 1. The summed E-state index contributed by atoms with van der Waals surface area (Å²) in [6.45, 7) is 4.04. The van der Waals surface area contributed by atoms with Gasteiger partial charge in [0.15, 0.2) is 0 Å². The average Bonchev–Trinajstić information content (AvgIpc) is 2.18. The number of aryl methyl sites for hydroxylation is 1. The van der Waals surface area contributed by atoms with E-state index < -0.39 is 0 Å². The highest BCUT2D eigenvalue weighted by Crippen LogP contribution is 1.90. The summed E-state index contributed by atoms with van der Waals surface area (Å²) in [4.78, 5) is 22.8. The number of hydrogen-bond acceptors (Lipinski definition) is 2.